The van der Waals surface area contributed by atoms with Crippen molar-refractivity contribution in [2.45, 2.75) is 57.7 Å². The van der Waals surface area contributed by atoms with Crippen molar-refractivity contribution in [3.8, 4) is 0 Å². The summed E-state index contributed by atoms with van der Waals surface area (Å²) in [4.78, 5) is 12.4. The second-order valence-electron chi connectivity index (χ2n) is 7.13. The zero-order valence-electron chi connectivity index (χ0n) is 12.9. The molecule has 0 aromatic carbocycles. The van der Waals surface area contributed by atoms with Crippen molar-refractivity contribution in [2.24, 2.45) is 7.05 Å². The first-order chi connectivity index (χ1) is 9.08. The zero-order chi connectivity index (χ0) is 15.1. The van der Waals surface area contributed by atoms with Crippen LogP contribution in [0.15, 0.2) is 16.7 Å². The quantitative estimate of drug-likeness (QED) is 0.868. The van der Waals surface area contributed by atoms with E-state index in [-0.39, 0.29) is 23.0 Å². The van der Waals surface area contributed by atoms with Crippen LogP contribution in [0.5, 0.6) is 0 Å². The van der Waals surface area contributed by atoms with E-state index >= 15 is 0 Å². The summed E-state index contributed by atoms with van der Waals surface area (Å²) in [6.45, 7) is 8.75. The smallest absolute Gasteiger partial charge is 0.268 e. The summed E-state index contributed by atoms with van der Waals surface area (Å²) in [5.74, 6) is -0.00306. The van der Waals surface area contributed by atoms with Crippen LogP contribution in [-0.4, -0.2) is 27.6 Å². The number of aryl methyl sites for hydroxylation is 1. The highest BCUT2D eigenvalue weighted by Gasteiger charge is 2.38. The van der Waals surface area contributed by atoms with Gasteiger partial charge < -0.3 is 15.2 Å². The van der Waals surface area contributed by atoms with Gasteiger partial charge in [0, 0.05) is 34.8 Å². The summed E-state index contributed by atoms with van der Waals surface area (Å²) in [7, 11) is 1.88. The van der Waals surface area contributed by atoms with Crippen LogP contribution in [0.2, 0.25) is 0 Å². The molecule has 2 N–H and O–H groups in total. The third-order valence-electron chi connectivity index (χ3n) is 3.73. The Morgan fingerprint density at radius 3 is 2.35 bits per heavy atom. The minimum absolute atomic E-state index is 0.00306. The van der Waals surface area contributed by atoms with Gasteiger partial charge >= 0.3 is 0 Å². The Hall–Kier alpha value is -0.810. The number of rotatable bonds is 2. The van der Waals surface area contributed by atoms with Crippen LogP contribution in [0.1, 0.15) is 51.0 Å². The number of amides is 1. The van der Waals surface area contributed by atoms with Crippen LogP contribution < -0.4 is 10.6 Å². The fraction of sp³-hybridized carbons (Fsp3) is 0.667. The van der Waals surface area contributed by atoms with E-state index in [1.807, 2.05) is 23.9 Å². The zero-order valence-corrected chi connectivity index (χ0v) is 14.5. The van der Waals surface area contributed by atoms with E-state index in [4.69, 9.17) is 0 Å². The number of halogens is 1. The first kappa shape index (κ1) is 15.6. The van der Waals surface area contributed by atoms with Gasteiger partial charge in [-0.2, -0.15) is 0 Å². The molecular weight excluding hydrogens is 318 g/mol. The van der Waals surface area contributed by atoms with E-state index in [9.17, 15) is 4.79 Å². The fourth-order valence-corrected chi connectivity index (χ4v) is 3.96. The van der Waals surface area contributed by atoms with E-state index < -0.39 is 0 Å². The molecule has 4 nitrogen and oxygen atoms in total. The fourth-order valence-electron chi connectivity index (χ4n) is 3.43. The highest BCUT2D eigenvalue weighted by molar-refractivity contribution is 9.10. The number of piperidine rings is 1. The van der Waals surface area contributed by atoms with Crippen molar-refractivity contribution >= 4 is 21.8 Å². The molecule has 1 aliphatic heterocycles. The molecule has 0 atom stereocenters. The highest BCUT2D eigenvalue weighted by Crippen LogP contribution is 2.28. The lowest BCUT2D eigenvalue weighted by molar-refractivity contribution is 0.0865. The van der Waals surface area contributed by atoms with Gasteiger partial charge in [0.15, 0.2) is 0 Å². The first-order valence-corrected chi connectivity index (χ1v) is 7.79. The lowest BCUT2D eigenvalue weighted by Crippen LogP contribution is -2.62. The Morgan fingerprint density at radius 2 is 1.90 bits per heavy atom. The van der Waals surface area contributed by atoms with E-state index in [0.29, 0.717) is 5.69 Å². The van der Waals surface area contributed by atoms with Crippen molar-refractivity contribution < 1.29 is 4.79 Å². The Kier molecular flexibility index (Phi) is 4.04. The van der Waals surface area contributed by atoms with Crippen molar-refractivity contribution in [3.05, 3.63) is 22.4 Å². The van der Waals surface area contributed by atoms with Crippen LogP contribution in [0.4, 0.5) is 0 Å². The number of hydrogen-bond acceptors (Lipinski definition) is 2. The molecule has 0 unspecified atom stereocenters. The number of carbonyl (C=O) groups excluding carboxylic acids is 1. The van der Waals surface area contributed by atoms with E-state index in [0.717, 1.165) is 17.3 Å². The van der Waals surface area contributed by atoms with Crippen LogP contribution >= 0.6 is 15.9 Å². The number of nitrogens with zero attached hydrogens (tertiary/aromatic N) is 1. The van der Waals surface area contributed by atoms with Crippen molar-refractivity contribution in [3.63, 3.8) is 0 Å². The average molecular weight is 342 g/mol. The van der Waals surface area contributed by atoms with Crippen molar-refractivity contribution in [2.75, 3.05) is 0 Å². The normalized spacial score (nSPS) is 21.7. The molecule has 1 aromatic rings. The topological polar surface area (TPSA) is 46.1 Å². The number of hydrogen-bond donors (Lipinski definition) is 2. The Morgan fingerprint density at radius 1 is 1.35 bits per heavy atom. The van der Waals surface area contributed by atoms with Gasteiger partial charge in [0.25, 0.3) is 5.91 Å². The molecule has 5 heteroatoms. The maximum Gasteiger partial charge on any atom is 0.268 e. The molecular formula is C15H24BrN3O. The summed E-state index contributed by atoms with van der Waals surface area (Å²) in [6, 6.07) is 2.05. The minimum Gasteiger partial charge on any atom is -0.348 e. The molecule has 0 radical (unpaired) electrons. The molecule has 0 aliphatic carbocycles. The summed E-state index contributed by atoms with van der Waals surface area (Å²) in [6.07, 6.45) is 3.77. The Bertz CT molecular complexity index is 503. The molecule has 0 spiro atoms. The standard InChI is InChI=1S/C15H24BrN3O/c1-14(2)7-11(8-15(3,4)18-14)17-13(20)12-6-10(16)9-19(12)5/h6,9,11,18H,7-8H2,1-5H3,(H,17,20). The Balaban J connectivity index is 2.09. The largest absolute Gasteiger partial charge is 0.348 e. The lowest BCUT2D eigenvalue weighted by atomic mass is 9.79. The monoisotopic (exact) mass is 341 g/mol. The van der Waals surface area contributed by atoms with Crippen molar-refractivity contribution in [1.82, 2.24) is 15.2 Å². The number of carbonyl (C=O) groups is 1. The Labute approximate surface area is 129 Å². The van der Waals surface area contributed by atoms with Crippen LogP contribution in [-0.2, 0) is 7.05 Å². The predicted molar refractivity (Wildman–Crippen MR) is 84.9 cm³/mol. The van der Waals surface area contributed by atoms with Crippen LogP contribution in [0.3, 0.4) is 0 Å². The van der Waals surface area contributed by atoms with Crippen LogP contribution in [0.25, 0.3) is 0 Å². The highest BCUT2D eigenvalue weighted by atomic mass is 79.9. The van der Waals surface area contributed by atoms with Gasteiger partial charge in [-0.25, -0.2) is 0 Å². The summed E-state index contributed by atoms with van der Waals surface area (Å²) in [5, 5.41) is 6.81. The SMILES string of the molecule is Cn1cc(Br)cc1C(=O)NC1CC(C)(C)NC(C)(C)C1. The molecule has 1 saturated heterocycles. The van der Waals surface area contributed by atoms with Gasteiger partial charge in [0.05, 0.1) is 0 Å². The molecule has 0 bridgehead atoms. The van der Waals surface area contributed by atoms with E-state index in [1.54, 1.807) is 0 Å². The summed E-state index contributed by atoms with van der Waals surface area (Å²) in [5.41, 5.74) is 0.759. The van der Waals surface area contributed by atoms with Gasteiger partial charge in [-0.1, -0.05) is 0 Å². The van der Waals surface area contributed by atoms with Gasteiger partial charge in [-0.15, -0.1) is 0 Å². The van der Waals surface area contributed by atoms with Gasteiger partial charge in [0.1, 0.15) is 5.69 Å². The molecule has 0 saturated carbocycles. The molecule has 112 valence electrons. The third kappa shape index (κ3) is 3.64. The predicted octanol–water partition coefficient (Wildman–Crippen LogP) is 2.83. The maximum atomic E-state index is 12.4. The molecule has 1 aromatic heterocycles. The molecule has 1 aliphatic rings. The third-order valence-corrected chi connectivity index (χ3v) is 4.16. The van der Waals surface area contributed by atoms with Gasteiger partial charge in [-0.3, -0.25) is 4.79 Å². The first-order valence-electron chi connectivity index (χ1n) is 7.00. The average Bonchev–Trinajstić information content (AvgIpc) is 2.52. The summed E-state index contributed by atoms with van der Waals surface area (Å²) < 4.78 is 2.77. The van der Waals surface area contributed by atoms with E-state index in [2.05, 4.69) is 54.3 Å². The van der Waals surface area contributed by atoms with Crippen molar-refractivity contribution in [1.29, 1.82) is 0 Å². The second-order valence-corrected chi connectivity index (χ2v) is 8.04. The number of aromatic nitrogens is 1. The van der Waals surface area contributed by atoms with E-state index in [1.165, 1.54) is 0 Å². The second kappa shape index (κ2) is 5.19. The summed E-state index contributed by atoms with van der Waals surface area (Å²) >= 11 is 3.40. The molecule has 20 heavy (non-hydrogen) atoms. The lowest BCUT2D eigenvalue weighted by Gasteiger charge is -2.46. The molecule has 1 amide bonds. The maximum absolute atomic E-state index is 12.4. The number of nitrogens with one attached hydrogen (secondary N) is 2. The molecule has 1 fully saturated rings. The minimum atomic E-state index is -0.00306. The molecule has 2 rings (SSSR count). The molecule has 2 heterocycles. The van der Waals surface area contributed by atoms with Crippen LogP contribution in [0, 0.1) is 0 Å². The van der Waals surface area contributed by atoms with Gasteiger partial charge in [-0.05, 0) is 62.5 Å². The van der Waals surface area contributed by atoms with Gasteiger partial charge in [0.2, 0.25) is 0 Å².